The highest BCUT2D eigenvalue weighted by Gasteiger charge is 2.31. The van der Waals surface area contributed by atoms with Gasteiger partial charge in [-0.15, -0.1) is 0 Å². The Balaban J connectivity index is 1.60. The van der Waals surface area contributed by atoms with Crippen LogP contribution in [0, 0.1) is 11.3 Å². The number of rotatable bonds is 5. The van der Waals surface area contributed by atoms with Crippen LogP contribution in [0.3, 0.4) is 0 Å². The normalized spacial score (nSPS) is 21.8. The van der Waals surface area contributed by atoms with E-state index in [1.807, 2.05) is 19.3 Å². The number of aromatic nitrogens is 4. The number of amides is 1. The van der Waals surface area contributed by atoms with Crippen molar-refractivity contribution >= 4 is 11.7 Å². The summed E-state index contributed by atoms with van der Waals surface area (Å²) < 4.78 is 1.69. The van der Waals surface area contributed by atoms with E-state index in [1.165, 1.54) is 25.7 Å². The predicted molar refractivity (Wildman–Crippen MR) is 106 cm³/mol. The van der Waals surface area contributed by atoms with E-state index >= 15 is 0 Å². The van der Waals surface area contributed by atoms with Crippen molar-refractivity contribution in [2.45, 2.75) is 58.4 Å². The summed E-state index contributed by atoms with van der Waals surface area (Å²) in [5, 5.41) is 17.5. The van der Waals surface area contributed by atoms with Crippen LogP contribution < -0.4 is 10.6 Å². The largest absolute Gasteiger partial charge is 0.308 e. The number of hydrogen-bond donors (Lipinski definition) is 3. The SMILES string of the molecule is CNC(C(=O)Nc1cc(C2CCC(C(C)(C)C)CC2)[nH]n1)c1cnn(C)c1. The molecule has 7 nitrogen and oxygen atoms in total. The number of aromatic amines is 1. The molecule has 1 unspecified atom stereocenters. The molecule has 2 heterocycles. The molecular formula is C20H32N6O. The van der Waals surface area contributed by atoms with E-state index in [0.29, 0.717) is 17.2 Å². The van der Waals surface area contributed by atoms with E-state index in [-0.39, 0.29) is 5.91 Å². The predicted octanol–water partition coefficient (Wildman–Crippen LogP) is 3.36. The minimum Gasteiger partial charge on any atom is -0.308 e. The maximum absolute atomic E-state index is 12.6. The van der Waals surface area contributed by atoms with E-state index in [0.717, 1.165) is 17.2 Å². The van der Waals surface area contributed by atoms with Gasteiger partial charge in [0.25, 0.3) is 0 Å². The van der Waals surface area contributed by atoms with Crippen LogP contribution in [0.1, 0.15) is 69.7 Å². The second-order valence-corrected chi connectivity index (χ2v) is 8.78. The van der Waals surface area contributed by atoms with Gasteiger partial charge in [0.15, 0.2) is 5.82 Å². The number of carbonyl (C=O) groups excluding carboxylic acids is 1. The highest BCUT2D eigenvalue weighted by Crippen LogP contribution is 2.42. The summed E-state index contributed by atoms with van der Waals surface area (Å²) in [5.41, 5.74) is 2.33. The molecule has 3 N–H and O–H groups in total. The van der Waals surface area contributed by atoms with Gasteiger partial charge in [-0.05, 0) is 44.1 Å². The molecule has 1 aliphatic rings. The van der Waals surface area contributed by atoms with Gasteiger partial charge in [0.1, 0.15) is 6.04 Å². The average Bonchev–Trinajstić information content (AvgIpc) is 3.24. The van der Waals surface area contributed by atoms with Gasteiger partial charge in [0.05, 0.1) is 6.20 Å². The van der Waals surface area contributed by atoms with Gasteiger partial charge in [-0.25, -0.2) is 0 Å². The van der Waals surface area contributed by atoms with Gasteiger partial charge in [-0.1, -0.05) is 20.8 Å². The van der Waals surface area contributed by atoms with Gasteiger partial charge in [-0.3, -0.25) is 14.6 Å². The van der Waals surface area contributed by atoms with Crippen molar-refractivity contribution in [3.63, 3.8) is 0 Å². The van der Waals surface area contributed by atoms with Crippen molar-refractivity contribution in [3.8, 4) is 0 Å². The lowest BCUT2D eigenvalue weighted by Crippen LogP contribution is -2.30. The smallest absolute Gasteiger partial charge is 0.247 e. The van der Waals surface area contributed by atoms with E-state index < -0.39 is 6.04 Å². The summed E-state index contributed by atoms with van der Waals surface area (Å²) in [4.78, 5) is 12.6. The first-order valence-corrected chi connectivity index (χ1v) is 9.80. The molecule has 0 spiro atoms. The fraction of sp³-hybridized carbons (Fsp3) is 0.650. The zero-order valence-electron chi connectivity index (χ0n) is 17.0. The van der Waals surface area contributed by atoms with Crippen LogP contribution in [0.4, 0.5) is 5.82 Å². The quantitative estimate of drug-likeness (QED) is 0.751. The number of likely N-dealkylation sites (N-methyl/N-ethyl adjacent to an activating group) is 1. The van der Waals surface area contributed by atoms with E-state index in [1.54, 1.807) is 17.9 Å². The summed E-state index contributed by atoms with van der Waals surface area (Å²) in [7, 11) is 3.60. The maximum atomic E-state index is 12.6. The Hall–Kier alpha value is -2.15. The first kappa shape index (κ1) is 19.6. The fourth-order valence-electron chi connectivity index (χ4n) is 4.12. The van der Waals surface area contributed by atoms with Crippen LogP contribution in [0.25, 0.3) is 0 Å². The molecule has 1 fully saturated rings. The molecule has 1 amide bonds. The zero-order chi connectivity index (χ0) is 19.6. The molecule has 0 saturated heterocycles. The lowest BCUT2D eigenvalue weighted by Gasteiger charge is -2.36. The van der Waals surface area contributed by atoms with Crippen LogP contribution in [0.15, 0.2) is 18.5 Å². The first-order chi connectivity index (χ1) is 12.8. The standard InChI is InChI=1S/C20H32N6O/c1-20(2,3)15-8-6-13(7-9-15)16-10-17(25-24-16)23-19(27)18(21-4)14-11-22-26(5)12-14/h10-13,15,18,21H,6-9H2,1-5H3,(H2,23,24,25,27). The molecule has 1 saturated carbocycles. The number of nitrogens with zero attached hydrogens (tertiary/aromatic N) is 3. The van der Waals surface area contributed by atoms with Gasteiger partial charge >= 0.3 is 0 Å². The van der Waals surface area contributed by atoms with Crippen molar-refractivity contribution in [2.24, 2.45) is 18.4 Å². The van der Waals surface area contributed by atoms with Crippen LogP contribution in [-0.4, -0.2) is 32.9 Å². The van der Waals surface area contributed by atoms with Gasteiger partial charge < -0.3 is 10.6 Å². The van der Waals surface area contributed by atoms with Gasteiger partial charge in [0, 0.05) is 36.5 Å². The first-order valence-electron chi connectivity index (χ1n) is 9.80. The number of aryl methyl sites for hydroxylation is 1. The van der Waals surface area contributed by atoms with Crippen molar-refractivity contribution in [3.05, 3.63) is 29.7 Å². The molecule has 0 aliphatic heterocycles. The third-order valence-corrected chi connectivity index (χ3v) is 5.85. The summed E-state index contributed by atoms with van der Waals surface area (Å²) >= 11 is 0. The van der Waals surface area contributed by atoms with E-state index in [2.05, 4.69) is 46.7 Å². The summed E-state index contributed by atoms with van der Waals surface area (Å²) in [6, 6.07) is 1.52. The molecule has 7 heteroatoms. The number of H-pyrrole nitrogens is 1. The van der Waals surface area contributed by atoms with Crippen molar-refractivity contribution in [2.75, 3.05) is 12.4 Å². The number of carbonyl (C=O) groups is 1. The van der Waals surface area contributed by atoms with Crippen molar-refractivity contribution in [1.29, 1.82) is 0 Å². The molecule has 1 atom stereocenters. The van der Waals surface area contributed by atoms with E-state index in [4.69, 9.17) is 0 Å². The second-order valence-electron chi connectivity index (χ2n) is 8.78. The number of anilines is 1. The van der Waals surface area contributed by atoms with Crippen molar-refractivity contribution in [1.82, 2.24) is 25.3 Å². The highest BCUT2D eigenvalue weighted by molar-refractivity contribution is 5.94. The van der Waals surface area contributed by atoms with Crippen LogP contribution in [-0.2, 0) is 11.8 Å². The molecule has 148 valence electrons. The Morgan fingerprint density at radius 1 is 1.30 bits per heavy atom. The zero-order valence-corrected chi connectivity index (χ0v) is 17.0. The minimum absolute atomic E-state index is 0.139. The fourth-order valence-corrected chi connectivity index (χ4v) is 4.12. The maximum Gasteiger partial charge on any atom is 0.247 e. The molecule has 0 radical (unpaired) electrons. The van der Waals surface area contributed by atoms with Crippen LogP contribution in [0.5, 0.6) is 0 Å². The molecule has 0 bridgehead atoms. The Labute approximate surface area is 161 Å². The molecule has 0 aromatic carbocycles. The molecule has 1 aliphatic carbocycles. The topological polar surface area (TPSA) is 87.6 Å². The lowest BCUT2D eigenvalue weighted by molar-refractivity contribution is -0.118. The third kappa shape index (κ3) is 4.58. The molecule has 3 rings (SSSR count). The lowest BCUT2D eigenvalue weighted by atomic mass is 9.69. The molecule has 2 aromatic heterocycles. The van der Waals surface area contributed by atoms with Crippen molar-refractivity contribution < 1.29 is 4.79 Å². The molecule has 2 aromatic rings. The highest BCUT2D eigenvalue weighted by atomic mass is 16.2. The monoisotopic (exact) mass is 372 g/mol. The van der Waals surface area contributed by atoms with Crippen LogP contribution >= 0.6 is 0 Å². The Bertz CT molecular complexity index is 764. The number of hydrogen-bond acceptors (Lipinski definition) is 4. The summed E-state index contributed by atoms with van der Waals surface area (Å²) in [6.45, 7) is 7.01. The average molecular weight is 373 g/mol. The Kier molecular flexibility index (Phi) is 5.69. The van der Waals surface area contributed by atoms with E-state index in [9.17, 15) is 4.79 Å². The minimum atomic E-state index is -0.457. The van der Waals surface area contributed by atoms with Crippen LogP contribution in [0.2, 0.25) is 0 Å². The molecular weight excluding hydrogens is 340 g/mol. The Morgan fingerprint density at radius 3 is 2.56 bits per heavy atom. The second kappa shape index (κ2) is 7.84. The van der Waals surface area contributed by atoms with Gasteiger partial charge in [0.2, 0.25) is 5.91 Å². The molecule has 27 heavy (non-hydrogen) atoms. The Morgan fingerprint density at radius 2 is 2.00 bits per heavy atom. The third-order valence-electron chi connectivity index (χ3n) is 5.85. The number of nitrogens with one attached hydrogen (secondary N) is 3. The van der Waals surface area contributed by atoms with Gasteiger partial charge in [-0.2, -0.15) is 10.2 Å². The summed E-state index contributed by atoms with van der Waals surface area (Å²) in [5.74, 6) is 1.73. The summed E-state index contributed by atoms with van der Waals surface area (Å²) in [6.07, 6.45) is 8.38.